The van der Waals surface area contributed by atoms with Gasteiger partial charge in [0, 0.05) is 6.04 Å². The van der Waals surface area contributed by atoms with Crippen LogP contribution in [-0.2, 0) is 6.42 Å². The Bertz CT molecular complexity index is 360. The summed E-state index contributed by atoms with van der Waals surface area (Å²) in [5, 5.41) is 3.63. The van der Waals surface area contributed by atoms with Gasteiger partial charge in [0.1, 0.15) is 5.75 Å². The first-order chi connectivity index (χ1) is 7.74. The number of nitrogens with one attached hydrogen (secondary N) is 1. The maximum Gasteiger partial charge on any atom is 0.122 e. The normalized spacial score (nSPS) is 20.4. The number of hydrogen-bond acceptors (Lipinski definition) is 2. The Kier molecular flexibility index (Phi) is 3.49. The average molecular weight is 219 g/mol. The van der Waals surface area contributed by atoms with Crippen LogP contribution in [0.2, 0.25) is 0 Å². The van der Waals surface area contributed by atoms with Crippen molar-refractivity contribution in [2.45, 2.75) is 32.7 Å². The molecular weight excluding hydrogens is 198 g/mol. The molecule has 88 valence electrons. The number of hydrogen-bond donors (Lipinski definition) is 1. The van der Waals surface area contributed by atoms with Gasteiger partial charge in [-0.05, 0) is 42.5 Å². The Morgan fingerprint density at radius 2 is 2.19 bits per heavy atom. The molecule has 0 radical (unpaired) electrons. The second kappa shape index (κ2) is 4.88. The van der Waals surface area contributed by atoms with Gasteiger partial charge in [0.2, 0.25) is 0 Å². The van der Waals surface area contributed by atoms with Gasteiger partial charge >= 0.3 is 0 Å². The van der Waals surface area contributed by atoms with Crippen LogP contribution >= 0.6 is 0 Å². The molecule has 0 spiro atoms. The summed E-state index contributed by atoms with van der Waals surface area (Å²) >= 11 is 0. The van der Waals surface area contributed by atoms with Gasteiger partial charge in [-0.3, -0.25) is 0 Å². The van der Waals surface area contributed by atoms with Gasteiger partial charge in [-0.2, -0.15) is 0 Å². The lowest BCUT2D eigenvalue weighted by atomic mass is 9.91. The molecule has 2 heteroatoms. The predicted molar refractivity (Wildman–Crippen MR) is 66.9 cm³/mol. The summed E-state index contributed by atoms with van der Waals surface area (Å²) in [4.78, 5) is 0. The highest BCUT2D eigenvalue weighted by Crippen LogP contribution is 2.33. The second-order valence-corrected chi connectivity index (χ2v) is 4.81. The Labute approximate surface area is 98.0 Å². The fourth-order valence-electron chi connectivity index (χ4n) is 2.56. The zero-order valence-corrected chi connectivity index (χ0v) is 10.4. The summed E-state index contributed by atoms with van der Waals surface area (Å²) in [6.45, 7) is 5.64. The zero-order valence-electron chi connectivity index (χ0n) is 10.4. The monoisotopic (exact) mass is 219 g/mol. The molecule has 0 amide bonds. The fourth-order valence-corrected chi connectivity index (χ4v) is 2.56. The molecular formula is C14H21NO. The summed E-state index contributed by atoms with van der Waals surface area (Å²) in [6.07, 6.45) is 2.31. The summed E-state index contributed by atoms with van der Waals surface area (Å²) in [6, 6.07) is 6.87. The number of ether oxygens (including phenoxy) is 1. The Morgan fingerprint density at radius 1 is 1.38 bits per heavy atom. The van der Waals surface area contributed by atoms with E-state index in [1.807, 2.05) is 0 Å². The molecule has 0 bridgehead atoms. The van der Waals surface area contributed by atoms with Crippen molar-refractivity contribution in [1.82, 2.24) is 5.32 Å². The number of rotatable bonds is 2. The number of benzene rings is 1. The van der Waals surface area contributed by atoms with E-state index in [0.717, 1.165) is 18.7 Å². The lowest BCUT2D eigenvalue weighted by Gasteiger charge is -2.23. The van der Waals surface area contributed by atoms with Crippen LogP contribution in [0.15, 0.2) is 18.2 Å². The van der Waals surface area contributed by atoms with Crippen molar-refractivity contribution in [2.24, 2.45) is 5.92 Å². The van der Waals surface area contributed by atoms with Crippen LogP contribution in [0.3, 0.4) is 0 Å². The Morgan fingerprint density at radius 3 is 2.88 bits per heavy atom. The van der Waals surface area contributed by atoms with Gasteiger partial charge in [0.15, 0.2) is 0 Å². The van der Waals surface area contributed by atoms with Crippen molar-refractivity contribution in [1.29, 1.82) is 0 Å². The topological polar surface area (TPSA) is 21.3 Å². The fraction of sp³-hybridized carbons (Fsp3) is 0.571. The lowest BCUT2D eigenvalue weighted by molar-refractivity contribution is 0.403. The van der Waals surface area contributed by atoms with Gasteiger partial charge in [-0.25, -0.2) is 0 Å². The van der Waals surface area contributed by atoms with E-state index in [9.17, 15) is 0 Å². The number of methoxy groups -OCH3 is 1. The van der Waals surface area contributed by atoms with Crippen LogP contribution < -0.4 is 10.1 Å². The van der Waals surface area contributed by atoms with E-state index in [4.69, 9.17) is 4.74 Å². The molecule has 1 unspecified atom stereocenters. The van der Waals surface area contributed by atoms with Gasteiger partial charge in [0.05, 0.1) is 7.11 Å². The molecule has 1 aliphatic heterocycles. The smallest absolute Gasteiger partial charge is 0.122 e. The van der Waals surface area contributed by atoms with E-state index in [-0.39, 0.29) is 0 Å². The van der Waals surface area contributed by atoms with E-state index in [2.05, 4.69) is 37.4 Å². The second-order valence-electron chi connectivity index (χ2n) is 4.81. The summed E-state index contributed by atoms with van der Waals surface area (Å²) in [5.41, 5.74) is 2.82. The molecule has 2 rings (SSSR count). The highest BCUT2D eigenvalue weighted by molar-refractivity contribution is 5.42. The molecule has 1 aromatic carbocycles. The third-order valence-electron chi connectivity index (χ3n) is 3.36. The first kappa shape index (κ1) is 11.5. The largest absolute Gasteiger partial charge is 0.496 e. The van der Waals surface area contributed by atoms with Crippen LogP contribution in [-0.4, -0.2) is 13.7 Å². The molecule has 1 atom stereocenters. The Hall–Kier alpha value is -1.02. The molecule has 0 fully saturated rings. The van der Waals surface area contributed by atoms with Crippen molar-refractivity contribution in [3.63, 3.8) is 0 Å². The van der Waals surface area contributed by atoms with Crippen LogP contribution in [0, 0.1) is 5.92 Å². The minimum Gasteiger partial charge on any atom is -0.496 e. The van der Waals surface area contributed by atoms with Crippen LogP contribution in [0.25, 0.3) is 0 Å². The SMILES string of the molecule is COc1cccc2c1CCCNC2C(C)C. The van der Waals surface area contributed by atoms with Gasteiger partial charge < -0.3 is 10.1 Å². The van der Waals surface area contributed by atoms with Gasteiger partial charge in [-0.15, -0.1) is 0 Å². The summed E-state index contributed by atoms with van der Waals surface area (Å²) in [7, 11) is 1.76. The van der Waals surface area contributed by atoms with Crippen molar-refractivity contribution in [2.75, 3.05) is 13.7 Å². The number of fused-ring (bicyclic) bond motifs is 1. The summed E-state index contributed by atoms with van der Waals surface area (Å²) in [5.74, 6) is 1.66. The molecule has 1 aromatic rings. The minimum absolute atomic E-state index is 0.465. The average Bonchev–Trinajstić information content (AvgIpc) is 2.50. The van der Waals surface area contributed by atoms with E-state index in [0.29, 0.717) is 12.0 Å². The van der Waals surface area contributed by atoms with Crippen LogP contribution in [0.4, 0.5) is 0 Å². The maximum absolute atomic E-state index is 5.47. The van der Waals surface area contributed by atoms with Crippen LogP contribution in [0.1, 0.15) is 37.4 Å². The molecule has 2 nitrogen and oxygen atoms in total. The minimum atomic E-state index is 0.465. The van der Waals surface area contributed by atoms with Gasteiger partial charge in [0.25, 0.3) is 0 Å². The quantitative estimate of drug-likeness (QED) is 0.825. The molecule has 0 saturated carbocycles. The lowest BCUT2D eigenvalue weighted by Crippen LogP contribution is -2.25. The van der Waals surface area contributed by atoms with Crippen LogP contribution in [0.5, 0.6) is 5.75 Å². The standard InChI is InChI=1S/C14H21NO/c1-10(2)14-12-6-4-8-13(16-3)11(12)7-5-9-15-14/h4,6,8,10,14-15H,5,7,9H2,1-3H3. The molecule has 1 aliphatic rings. The molecule has 1 N–H and O–H groups in total. The van der Waals surface area contributed by atoms with E-state index < -0.39 is 0 Å². The molecule has 16 heavy (non-hydrogen) atoms. The van der Waals surface area contributed by atoms with E-state index >= 15 is 0 Å². The maximum atomic E-state index is 5.47. The zero-order chi connectivity index (χ0) is 11.5. The predicted octanol–water partition coefficient (Wildman–Crippen LogP) is 2.93. The molecule has 0 aliphatic carbocycles. The van der Waals surface area contributed by atoms with E-state index in [1.54, 1.807) is 7.11 Å². The molecule has 1 heterocycles. The molecule has 0 saturated heterocycles. The third-order valence-corrected chi connectivity index (χ3v) is 3.36. The highest BCUT2D eigenvalue weighted by Gasteiger charge is 2.22. The van der Waals surface area contributed by atoms with Crippen molar-refractivity contribution in [3.05, 3.63) is 29.3 Å². The first-order valence-electron chi connectivity index (χ1n) is 6.13. The summed E-state index contributed by atoms with van der Waals surface area (Å²) < 4.78 is 5.47. The van der Waals surface area contributed by atoms with Gasteiger partial charge in [-0.1, -0.05) is 26.0 Å². The molecule has 0 aromatic heterocycles. The first-order valence-corrected chi connectivity index (χ1v) is 6.13. The van der Waals surface area contributed by atoms with Crippen molar-refractivity contribution in [3.8, 4) is 5.75 Å². The van der Waals surface area contributed by atoms with Crippen molar-refractivity contribution < 1.29 is 4.74 Å². The Balaban J connectivity index is 2.45. The highest BCUT2D eigenvalue weighted by atomic mass is 16.5. The van der Waals surface area contributed by atoms with Crippen molar-refractivity contribution >= 4 is 0 Å². The van der Waals surface area contributed by atoms with E-state index in [1.165, 1.54) is 17.5 Å². The third kappa shape index (κ3) is 2.07.